The van der Waals surface area contributed by atoms with Crippen molar-refractivity contribution in [3.63, 3.8) is 0 Å². The number of nitrogens with zero attached hydrogens (tertiary/aromatic N) is 4. The highest BCUT2D eigenvalue weighted by Crippen LogP contribution is 2.36. The average Bonchev–Trinajstić information content (AvgIpc) is 3.07. The third-order valence-electron chi connectivity index (χ3n) is 7.86. The molecule has 0 spiro atoms. The summed E-state index contributed by atoms with van der Waals surface area (Å²) in [5.41, 5.74) is 5.21. The maximum Gasteiger partial charge on any atom is 0.282 e. The molecule has 0 radical (unpaired) electrons. The van der Waals surface area contributed by atoms with E-state index in [1.165, 1.54) is 16.8 Å². The van der Waals surface area contributed by atoms with E-state index in [1.54, 1.807) is 49.7 Å². The molecule has 0 fully saturated rings. The van der Waals surface area contributed by atoms with E-state index in [4.69, 9.17) is 24.3 Å². The lowest BCUT2D eigenvalue weighted by Gasteiger charge is -2.18. The molecule has 0 N–H and O–H groups in total. The van der Waals surface area contributed by atoms with Crippen LogP contribution in [0.4, 0.5) is 5.69 Å². The van der Waals surface area contributed by atoms with Crippen molar-refractivity contribution in [3.8, 4) is 28.6 Å². The van der Waals surface area contributed by atoms with E-state index >= 15 is 0 Å². The predicted molar refractivity (Wildman–Crippen MR) is 189 cm³/mol. The quantitative estimate of drug-likeness (QED) is 0.0550. The van der Waals surface area contributed by atoms with Crippen LogP contribution in [0.5, 0.6) is 17.2 Å². The number of hydrogen-bond donors (Lipinski definition) is 0. The number of hydrogen-bond acceptors (Lipinski definition) is 8. The zero-order valence-corrected chi connectivity index (χ0v) is 27.7. The van der Waals surface area contributed by atoms with Gasteiger partial charge in [0.25, 0.3) is 11.2 Å². The molecule has 0 aliphatic rings. The molecule has 10 nitrogen and oxygen atoms in total. The molecule has 4 aromatic carbocycles. The number of fused-ring (bicyclic) bond motifs is 1. The summed E-state index contributed by atoms with van der Waals surface area (Å²) in [6, 6.07) is 21.1. The van der Waals surface area contributed by atoms with Crippen molar-refractivity contribution in [2.75, 3.05) is 13.7 Å². The SMILES string of the molecule is C=CCc1cc(C=Nn2c(-c3cc(C(C)C)c(OCC)cc3C)nc3ccccc3c2=O)cc(OC)c1OCc1ccc([N+](=O)[O-])cc1. The Kier molecular flexibility index (Phi) is 10.3. The first kappa shape index (κ1) is 33.6. The van der Waals surface area contributed by atoms with Crippen LogP contribution in [0.1, 0.15) is 54.5 Å². The number of non-ortho nitro benzene ring substituents is 1. The van der Waals surface area contributed by atoms with E-state index < -0.39 is 4.92 Å². The number of benzene rings is 4. The van der Waals surface area contributed by atoms with Gasteiger partial charge in [-0.15, -0.1) is 6.58 Å². The molecule has 0 atom stereocenters. The first-order valence-corrected chi connectivity index (χ1v) is 15.7. The zero-order valence-electron chi connectivity index (χ0n) is 27.7. The van der Waals surface area contributed by atoms with Gasteiger partial charge in [-0.2, -0.15) is 9.78 Å². The molecular weight excluding hydrogens is 608 g/mol. The summed E-state index contributed by atoms with van der Waals surface area (Å²) in [4.78, 5) is 29.5. The Morgan fingerprint density at radius 3 is 2.46 bits per heavy atom. The molecule has 0 unspecified atom stereocenters. The molecule has 5 aromatic rings. The Bertz CT molecular complexity index is 2070. The highest BCUT2D eigenvalue weighted by Gasteiger charge is 2.19. The highest BCUT2D eigenvalue weighted by molar-refractivity contribution is 5.83. The second-order valence-electron chi connectivity index (χ2n) is 11.5. The minimum atomic E-state index is -0.441. The first-order valence-electron chi connectivity index (χ1n) is 15.7. The van der Waals surface area contributed by atoms with Crippen molar-refractivity contribution < 1.29 is 19.1 Å². The Hall–Kier alpha value is -5.77. The van der Waals surface area contributed by atoms with Crippen LogP contribution in [0.25, 0.3) is 22.3 Å². The van der Waals surface area contributed by atoms with Crippen molar-refractivity contribution in [3.05, 3.63) is 134 Å². The molecule has 0 aliphatic heterocycles. The molecule has 246 valence electrons. The van der Waals surface area contributed by atoms with Gasteiger partial charge in [-0.3, -0.25) is 14.9 Å². The van der Waals surface area contributed by atoms with Gasteiger partial charge in [0.05, 0.1) is 35.8 Å². The van der Waals surface area contributed by atoms with Gasteiger partial charge in [0, 0.05) is 23.3 Å². The van der Waals surface area contributed by atoms with Gasteiger partial charge in [0.15, 0.2) is 17.3 Å². The summed E-state index contributed by atoms with van der Waals surface area (Å²) in [5.74, 6) is 2.38. The summed E-state index contributed by atoms with van der Waals surface area (Å²) in [6.07, 6.45) is 3.83. The van der Waals surface area contributed by atoms with Crippen molar-refractivity contribution in [1.29, 1.82) is 0 Å². The highest BCUT2D eigenvalue weighted by atomic mass is 16.6. The fourth-order valence-corrected chi connectivity index (χ4v) is 5.45. The van der Waals surface area contributed by atoms with Crippen molar-refractivity contribution in [2.45, 2.75) is 46.6 Å². The molecule has 1 heterocycles. The lowest BCUT2D eigenvalue weighted by atomic mass is 9.96. The van der Waals surface area contributed by atoms with Gasteiger partial charge in [-0.05, 0) is 97.0 Å². The molecule has 0 amide bonds. The number of nitro groups is 1. The van der Waals surface area contributed by atoms with E-state index in [1.807, 2.05) is 44.2 Å². The fraction of sp³-hybridized carbons (Fsp3) is 0.237. The molecule has 1 aromatic heterocycles. The van der Waals surface area contributed by atoms with E-state index in [0.717, 1.165) is 33.6 Å². The van der Waals surface area contributed by atoms with E-state index in [9.17, 15) is 14.9 Å². The van der Waals surface area contributed by atoms with Crippen molar-refractivity contribution in [2.24, 2.45) is 5.10 Å². The summed E-state index contributed by atoms with van der Waals surface area (Å²) >= 11 is 0. The molecule has 0 saturated heterocycles. The number of nitro benzene ring substituents is 1. The van der Waals surface area contributed by atoms with Gasteiger partial charge in [0.1, 0.15) is 12.4 Å². The molecule has 10 heteroatoms. The number of ether oxygens (including phenoxy) is 3. The summed E-state index contributed by atoms with van der Waals surface area (Å²) in [6.45, 7) is 12.7. The lowest BCUT2D eigenvalue weighted by Crippen LogP contribution is -2.21. The summed E-state index contributed by atoms with van der Waals surface area (Å²) in [7, 11) is 1.55. The van der Waals surface area contributed by atoms with Gasteiger partial charge in [-0.1, -0.05) is 32.1 Å². The number of rotatable bonds is 13. The van der Waals surface area contributed by atoms with Crippen LogP contribution in [0, 0.1) is 17.0 Å². The monoisotopic (exact) mass is 646 g/mol. The molecule has 48 heavy (non-hydrogen) atoms. The van der Waals surface area contributed by atoms with Gasteiger partial charge < -0.3 is 14.2 Å². The third-order valence-corrected chi connectivity index (χ3v) is 7.86. The maximum atomic E-state index is 14.0. The Morgan fingerprint density at radius 2 is 1.79 bits per heavy atom. The van der Waals surface area contributed by atoms with Gasteiger partial charge in [-0.25, -0.2) is 4.98 Å². The lowest BCUT2D eigenvalue weighted by molar-refractivity contribution is -0.384. The van der Waals surface area contributed by atoms with Crippen molar-refractivity contribution >= 4 is 22.8 Å². The number of aromatic nitrogens is 2. The maximum absolute atomic E-state index is 14.0. The molecule has 5 rings (SSSR count). The van der Waals surface area contributed by atoms with Crippen LogP contribution in [0.15, 0.2) is 95.3 Å². The minimum Gasteiger partial charge on any atom is -0.494 e. The van der Waals surface area contributed by atoms with E-state index in [2.05, 4.69) is 20.4 Å². The van der Waals surface area contributed by atoms with E-state index in [-0.39, 0.29) is 23.8 Å². The largest absolute Gasteiger partial charge is 0.494 e. The van der Waals surface area contributed by atoms with Gasteiger partial charge >= 0.3 is 0 Å². The predicted octanol–water partition coefficient (Wildman–Crippen LogP) is 8.00. The van der Waals surface area contributed by atoms with Crippen LogP contribution < -0.4 is 19.8 Å². The molecular formula is C38H38N4O6. The van der Waals surface area contributed by atoms with Crippen LogP contribution >= 0.6 is 0 Å². The van der Waals surface area contributed by atoms with E-state index in [0.29, 0.717) is 46.8 Å². The zero-order chi connectivity index (χ0) is 34.4. The second kappa shape index (κ2) is 14.8. The summed E-state index contributed by atoms with van der Waals surface area (Å²) in [5, 5.41) is 16.2. The Morgan fingerprint density at radius 1 is 1.04 bits per heavy atom. The Labute approximate surface area is 279 Å². The molecule has 0 aliphatic carbocycles. The first-order chi connectivity index (χ1) is 23.1. The molecule has 0 saturated carbocycles. The number of allylic oxidation sites excluding steroid dienone is 1. The summed E-state index contributed by atoms with van der Waals surface area (Å²) < 4.78 is 19.2. The number of para-hydroxylation sites is 1. The number of aryl methyl sites for hydroxylation is 1. The molecule has 0 bridgehead atoms. The van der Waals surface area contributed by atoms with Crippen LogP contribution in [-0.4, -0.2) is 34.5 Å². The smallest absolute Gasteiger partial charge is 0.282 e. The van der Waals surface area contributed by atoms with Gasteiger partial charge in [0.2, 0.25) is 0 Å². The van der Waals surface area contributed by atoms with Crippen LogP contribution in [-0.2, 0) is 13.0 Å². The topological polar surface area (TPSA) is 118 Å². The fourth-order valence-electron chi connectivity index (χ4n) is 5.45. The standard InChI is InChI=1S/C38H38N4O6/c1-7-11-28-19-27(20-35(46-6)36(28)48-23-26-14-16-29(17-15-26)42(44)45)22-39-41-37(40-33-13-10-9-12-30(33)38(41)43)32-21-31(24(3)4)34(47-8-2)18-25(32)5/h7,9-10,12-22,24H,1,8,11,23H2,2-6H3. The normalized spacial score (nSPS) is 11.3. The Balaban J connectivity index is 1.59. The number of methoxy groups -OCH3 is 1. The van der Waals surface area contributed by atoms with Crippen LogP contribution in [0.3, 0.4) is 0 Å². The average molecular weight is 647 g/mol. The van der Waals surface area contributed by atoms with Crippen molar-refractivity contribution in [1.82, 2.24) is 9.66 Å². The minimum absolute atomic E-state index is 0.00856. The third kappa shape index (κ3) is 7.12. The van der Waals surface area contributed by atoms with Crippen LogP contribution in [0.2, 0.25) is 0 Å². The second-order valence-corrected chi connectivity index (χ2v) is 11.5.